The van der Waals surface area contributed by atoms with E-state index in [9.17, 15) is 8.42 Å². The van der Waals surface area contributed by atoms with Crippen LogP contribution in [-0.2, 0) is 19.3 Å². The number of benzene rings is 1. The minimum absolute atomic E-state index is 0.163. The van der Waals surface area contributed by atoms with Crippen LogP contribution in [0.5, 0.6) is 0 Å². The van der Waals surface area contributed by atoms with E-state index >= 15 is 0 Å². The molecule has 0 saturated carbocycles. The van der Waals surface area contributed by atoms with Crippen LogP contribution in [0.15, 0.2) is 29.2 Å². The van der Waals surface area contributed by atoms with E-state index in [0.29, 0.717) is 43.4 Å². The molecule has 5 nitrogen and oxygen atoms in total. The average molecular weight is 301 g/mol. The van der Waals surface area contributed by atoms with E-state index in [1.54, 1.807) is 25.3 Å². The first-order valence-corrected chi connectivity index (χ1v) is 8.39. The zero-order valence-electron chi connectivity index (χ0n) is 12.1. The Labute approximate surface area is 121 Å². The highest BCUT2D eigenvalue weighted by Gasteiger charge is 2.16. The van der Waals surface area contributed by atoms with Crippen molar-refractivity contribution in [3.05, 3.63) is 24.3 Å². The second-order valence-electron chi connectivity index (χ2n) is 4.35. The number of nitrogens with one attached hydrogen (secondary N) is 1. The molecule has 6 heteroatoms. The zero-order chi connectivity index (χ0) is 14.8. The smallest absolute Gasteiger partial charge is 0.180 e. The maximum Gasteiger partial charge on any atom is 0.180 e. The molecule has 0 heterocycles. The van der Waals surface area contributed by atoms with Gasteiger partial charge in [-0.15, -0.1) is 0 Å². The van der Waals surface area contributed by atoms with Gasteiger partial charge in [-0.3, -0.25) is 0 Å². The van der Waals surface area contributed by atoms with Gasteiger partial charge >= 0.3 is 0 Å². The van der Waals surface area contributed by atoms with Crippen molar-refractivity contribution in [1.82, 2.24) is 0 Å². The standard InChI is InChI=1S/C14H23NO4S/c1-3-12-20(16,17)14-7-5-4-6-13(14)15-8-9-19-11-10-18-2/h4-7,15H,3,8-12H2,1-2H3. The second-order valence-corrected chi connectivity index (χ2v) is 6.42. The average Bonchev–Trinajstić information content (AvgIpc) is 2.43. The van der Waals surface area contributed by atoms with Gasteiger partial charge in [0.1, 0.15) is 0 Å². The van der Waals surface area contributed by atoms with Crippen LogP contribution in [0.3, 0.4) is 0 Å². The largest absolute Gasteiger partial charge is 0.382 e. The number of hydrogen-bond donors (Lipinski definition) is 1. The first-order valence-electron chi connectivity index (χ1n) is 6.74. The minimum Gasteiger partial charge on any atom is -0.382 e. The van der Waals surface area contributed by atoms with E-state index < -0.39 is 9.84 Å². The summed E-state index contributed by atoms with van der Waals surface area (Å²) in [4.78, 5) is 0.360. The topological polar surface area (TPSA) is 64.6 Å². The van der Waals surface area contributed by atoms with Crippen LogP contribution in [0.25, 0.3) is 0 Å². The van der Waals surface area contributed by atoms with E-state index in [2.05, 4.69) is 5.32 Å². The van der Waals surface area contributed by atoms with Crippen LogP contribution in [0, 0.1) is 0 Å². The van der Waals surface area contributed by atoms with Crippen LogP contribution in [0.1, 0.15) is 13.3 Å². The third kappa shape index (κ3) is 5.48. The van der Waals surface area contributed by atoms with Gasteiger partial charge in [-0.25, -0.2) is 8.42 Å². The molecule has 0 saturated heterocycles. The lowest BCUT2D eigenvalue weighted by Crippen LogP contribution is -2.15. The summed E-state index contributed by atoms with van der Waals surface area (Å²) >= 11 is 0. The fourth-order valence-electron chi connectivity index (χ4n) is 1.76. The molecule has 0 aliphatic carbocycles. The summed E-state index contributed by atoms with van der Waals surface area (Å²) in [5, 5.41) is 3.11. The van der Waals surface area contributed by atoms with Crippen molar-refractivity contribution in [3.63, 3.8) is 0 Å². The number of rotatable bonds is 10. The van der Waals surface area contributed by atoms with Gasteiger partial charge in [0.2, 0.25) is 0 Å². The third-order valence-corrected chi connectivity index (χ3v) is 4.66. The van der Waals surface area contributed by atoms with Crippen LogP contribution in [0.2, 0.25) is 0 Å². The van der Waals surface area contributed by atoms with Crippen molar-refractivity contribution in [2.75, 3.05) is 44.5 Å². The molecule has 114 valence electrons. The lowest BCUT2D eigenvalue weighted by atomic mass is 10.3. The first-order chi connectivity index (χ1) is 9.61. The van der Waals surface area contributed by atoms with Gasteiger partial charge in [0.05, 0.1) is 36.2 Å². The van der Waals surface area contributed by atoms with E-state index in [0.717, 1.165) is 0 Å². The predicted octanol–water partition coefficient (Wildman–Crippen LogP) is 1.95. The Bertz CT molecular complexity index is 488. The van der Waals surface area contributed by atoms with Crippen LogP contribution in [-0.4, -0.2) is 47.6 Å². The van der Waals surface area contributed by atoms with Crippen molar-refractivity contribution < 1.29 is 17.9 Å². The Morgan fingerprint density at radius 3 is 2.60 bits per heavy atom. The quantitative estimate of drug-likeness (QED) is 0.669. The molecule has 1 rings (SSSR count). The van der Waals surface area contributed by atoms with Gasteiger partial charge in [-0.05, 0) is 18.6 Å². The second kappa shape index (κ2) is 8.94. The van der Waals surface area contributed by atoms with Gasteiger partial charge in [0.25, 0.3) is 0 Å². The maximum atomic E-state index is 12.1. The zero-order valence-corrected chi connectivity index (χ0v) is 12.9. The molecular formula is C14H23NO4S. The number of ether oxygens (including phenoxy) is 2. The first kappa shape index (κ1) is 16.9. The molecular weight excluding hydrogens is 278 g/mol. The van der Waals surface area contributed by atoms with Crippen molar-refractivity contribution >= 4 is 15.5 Å². The summed E-state index contributed by atoms with van der Waals surface area (Å²) in [5.41, 5.74) is 0.635. The van der Waals surface area contributed by atoms with Crippen molar-refractivity contribution in [3.8, 4) is 0 Å². The highest BCUT2D eigenvalue weighted by atomic mass is 32.2. The summed E-state index contributed by atoms with van der Waals surface area (Å²) in [5.74, 6) is 0.163. The highest BCUT2D eigenvalue weighted by molar-refractivity contribution is 7.91. The fourth-order valence-corrected chi connectivity index (χ4v) is 3.28. The van der Waals surface area contributed by atoms with Crippen molar-refractivity contribution in [2.45, 2.75) is 18.2 Å². The molecule has 0 fully saturated rings. The Kier molecular flexibility index (Phi) is 7.58. The van der Waals surface area contributed by atoms with Gasteiger partial charge in [-0.1, -0.05) is 19.1 Å². The Balaban J connectivity index is 2.58. The number of methoxy groups -OCH3 is 1. The summed E-state index contributed by atoms with van der Waals surface area (Å²) in [6.45, 7) is 4.01. The summed E-state index contributed by atoms with van der Waals surface area (Å²) in [6.07, 6.45) is 0.608. The maximum absolute atomic E-state index is 12.1. The summed E-state index contributed by atoms with van der Waals surface area (Å²) in [7, 11) is -1.59. The van der Waals surface area contributed by atoms with Gasteiger partial charge < -0.3 is 14.8 Å². The predicted molar refractivity (Wildman–Crippen MR) is 80.0 cm³/mol. The molecule has 0 bridgehead atoms. The molecule has 1 aromatic carbocycles. The number of hydrogen-bond acceptors (Lipinski definition) is 5. The minimum atomic E-state index is -3.22. The number of sulfone groups is 1. The number of para-hydroxylation sites is 1. The van der Waals surface area contributed by atoms with E-state index in [-0.39, 0.29) is 5.75 Å². The van der Waals surface area contributed by atoms with E-state index in [1.807, 2.05) is 13.0 Å². The van der Waals surface area contributed by atoms with Gasteiger partial charge in [0.15, 0.2) is 9.84 Å². The van der Waals surface area contributed by atoms with Crippen molar-refractivity contribution in [2.24, 2.45) is 0 Å². The van der Waals surface area contributed by atoms with Crippen LogP contribution < -0.4 is 5.32 Å². The fraction of sp³-hybridized carbons (Fsp3) is 0.571. The molecule has 1 aromatic rings. The SMILES string of the molecule is CCCS(=O)(=O)c1ccccc1NCCOCCOC. The van der Waals surface area contributed by atoms with E-state index in [4.69, 9.17) is 9.47 Å². The molecule has 20 heavy (non-hydrogen) atoms. The number of anilines is 1. The Morgan fingerprint density at radius 1 is 1.15 bits per heavy atom. The highest BCUT2D eigenvalue weighted by Crippen LogP contribution is 2.22. The molecule has 0 unspecified atom stereocenters. The Hall–Kier alpha value is -1.11. The molecule has 0 aromatic heterocycles. The van der Waals surface area contributed by atoms with Gasteiger partial charge in [-0.2, -0.15) is 0 Å². The van der Waals surface area contributed by atoms with Crippen LogP contribution in [0.4, 0.5) is 5.69 Å². The molecule has 1 N–H and O–H groups in total. The normalized spacial score (nSPS) is 11.5. The van der Waals surface area contributed by atoms with Gasteiger partial charge in [0, 0.05) is 13.7 Å². The third-order valence-electron chi connectivity index (χ3n) is 2.69. The molecule has 0 radical (unpaired) electrons. The molecule has 0 aliphatic heterocycles. The molecule has 0 spiro atoms. The van der Waals surface area contributed by atoms with E-state index in [1.165, 1.54) is 0 Å². The summed E-state index contributed by atoms with van der Waals surface area (Å²) in [6, 6.07) is 6.97. The molecule has 0 amide bonds. The molecule has 0 atom stereocenters. The monoisotopic (exact) mass is 301 g/mol. The summed E-state index contributed by atoms with van der Waals surface area (Å²) < 4.78 is 34.5. The Morgan fingerprint density at radius 2 is 1.90 bits per heavy atom. The lowest BCUT2D eigenvalue weighted by molar-refractivity contribution is 0.0759. The van der Waals surface area contributed by atoms with Crippen molar-refractivity contribution in [1.29, 1.82) is 0 Å². The van der Waals surface area contributed by atoms with Crippen LogP contribution >= 0.6 is 0 Å². The molecule has 0 aliphatic rings. The lowest BCUT2D eigenvalue weighted by Gasteiger charge is -2.12.